The fraction of sp³-hybridized carbons (Fsp3) is 1.00. The van der Waals surface area contributed by atoms with Gasteiger partial charge in [0.25, 0.3) is 0 Å². The van der Waals surface area contributed by atoms with Crippen LogP contribution in [0.2, 0.25) is 0 Å². The molecule has 1 fully saturated rings. The Kier molecular flexibility index (Phi) is 5.83. The zero-order chi connectivity index (χ0) is 9.52. The van der Waals surface area contributed by atoms with Crippen LogP contribution in [0.3, 0.4) is 0 Å². The Bertz CT molecular complexity index is 124. The molecule has 78 valence electrons. The summed E-state index contributed by atoms with van der Waals surface area (Å²) in [4.78, 5) is 0. The summed E-state index contributed by atoms with van der Waals surface area (Å²) in [6.07, 6.45) is 5.22. The van der Waals surface area contributed by atoms with Crippen LogP contribution in [0.5, 0.6) is 0 Å². The second-order valence-electron chi connectivity index (χ2n) is 3.85. The van der Waals surface area contributed by atoms with E-state index in [9.17, 15) is 0 Å². The predicted molar refractivity (Wildman–Crippen MR) is 61.2 cm³/mol. The predicted octanol–water partition coefficient (Wildman–Crippen LogP) is 1.60. The molecule has 13 heavy (non-hydrogen) atoms. The number of hydrogen-bond donors (Lipinski definition) is 2. The first-order chi connectivity index (χ1) is 6.33. The van der Waals surface area contributed by atoms with Gasteiger partial charge >= 0.3 is 0 Å². The second-order valence-corrected chi connectivity index (χ2v) is 4.93. The van der Waals surface area contributed by atoms with Crippen molar-refractivity contribution in [3.8, 4) is 0 Å². The summed E-state index contributed by atoms with van der Waals surface area (Å²) >= 11 is 2.00. The molecule has 1 rings (SSSR count). The van der Waals surface area contributed by atoms with Gasteiger partial charge in [0.05, 0.1) is 0 Å². The van der Waals surface area contributed by atoms with E-state index in [1.807, 2.05) is 11.8 Å². The standard InChI is InChI=1S/C10H22N2S/c1-2-9(11)7-13-8-10-5-3-4-6-12-10/h9-10,12H,2-8,11H2,1H3. The number of nitrogens with two attached hydrogens (primary N) is 1. The van der Waals surface area contributed by atoms with Gasteiger partial charge in [0.2, 0.25) is 0 Å². The van der Waals surface area contributed by atoms with Crippen LogP contribution in [0.15, 0.2) is 0 Å². The van der Waals surface area contributed by atoms with E-state index in [1.54, 1.807) is 0 Å². The Hall–Kier alpha value is 0.270. The molecule has 3 N–H and O–H groups in total. The molecular formula is C10H22N2S. The molecule has 0 aromatic rings. The average Bonchev–Trinajstić information content (AvgIpc) is 2.19. The van der Waals surface area contributed by atoms with Crippen molar-refractivity contribution < 1.29 is 0 Å². The Labute approximate surface area is 86.0 Å². The van der Waals surface area contributed by atoms with E-state index in [0.717, 1.165) is 18.2 Å². The van der Waals surface area contributed by atoms with Gasteiger partial charge in [0.15, 0.2) is 0 Å². The first-order valence-corrected chi connectivity index (χ1v) is 6.55. The number of rotatable bonds is 5. The third kappa shape index (κ3) is 4.89. The minimum Gasteiger partial charge on any atom is -0.327 e. The maximum absolute atomic E-state index is 5.85. The Morgan fingerprint density at radius 3 is 3.00 bits per heavy atom. The van der Waals surface area contributed by atoms with Crippen LogP contribution in [0.4, 0.5) is 0 Å². The van der Waals surface area contributed by atoms with Crippen LogP contribution in [0.1, 0.15) is 32.6 Å². The summed E-state index contributed by atoms with van der Waals surface area (Å²) in [5.74, 6) is 2.36. The highest BCUT2D eigenvalue weighted by molar-refractivity contribution is 7.99. The molecule has 1 aliphatic heterocycles. The van der Waals surface area contributed by atoms with Crippen molar-refractivity contribution in [1.82, 2.24) is 5.32 Å². The lowest BCUT2D eigenvalue weighted by Gasteiger charge is -2.23. The molecule has 1 heterocycles. The van der Waals surface area contributed by atoms with E-state index < -0.39 is 0 Å². The summed E-state index contributed by atoms with van der Waals surface area (Å²) in [6.45, 7) is 3.37. The normalized spacial score (nSPS) is 25.8. The lowest BCUT2D eigenvalue weighted by Crippen LogP contribution is -2.36. The van der Waals surface area contributed by atoms with E-state index in [-0.39, 0.29) is 0 Å². The van der Waals surface area contributed by atoms with Crippen LogP contribution in [-0.2, 0) is 0 Å². The molecule has 0 bridgehead atoms. The Morgan fingerprint density at radius 2 is 2.38 bits per heavy atom. The summed E-state index contributed by atoms with van der Waals surface area (Å²) in [5, 5.41) is 3.55. The quantitative estimate of drug-likeness (QED) is 0.711. The molecule has 0 aromatic heterocycles. The fourth-order valence-corrected chi connectivity index (χ4v) is 2.79. The number of piperidine rings is 1. The lowest BCUT2D eigenvalue weighted by molar-refractivity contribution is 0.430. The fourth-order valence-electron chi connectivity index (χ4n) is 1.55. The third-order valence-electron chi connectivity index (χ3n) is 2.59. The van der Waals surface area contributed by atoms with Gasteiger partial charge in [-0.2, -0.15) is 11.8 Å². The molecule has 0 saturated carbocycles. The topological polar surface area (TPSA) is 38.0 Å². The van der Waals surface area contributed by atoms with Crippen molar-refractivity contribution in [1.29, 1.82) is 0 Å². The van der Waals surface area contributed by atoms with Gasteiger partial charge in [-0.05, 0) is 25.8 Å². The van der Waals surface area contributed by atoms with Crippen LogP contribution in [0.25, 0.3) is 0 Å². The van der Waals surface area contributed by atoms with Crippen LogP contribution in [0, 0.1) is 0 Å². The number of thioether (sulfide) groups is 1. The molecule has 1 aliphatic rings. The van der Waals surface area contributed by atoms with Crippen molar-refractivity contribution in [2.45, 2.75) is 44.7 Å². The van der Waals surface area contributed by atoms with E-state index in [0.29, 0.717) is 6.04 Å². The molecular weight excluding hydrogens is 180 g/mol. The van der Waals surface area contributed by atoms with Gasteiger partial charge in [0, 0.05) is 23.6 Å². The van der Waals surface area contributed by atoms with Crippen LogP contribution < -0.4 is 11.1 Å². The SMILES string of the molecule is CCC(N)CSCC1CCCCN1. The zero-order valence-corrected chi connectivity index (χ0v) is 9.41. The van der Waals surface area contributed by atoms with E-state index >= 15 is 0 Å². The van der Waals surface area contributed by atoms with Gasteiger partial charge in [-0.1, -0.05) is 13.3 Å². The minimum absolute atomic E-state index is 0.397. The second kappa shape index (κ2) is 6.68. The molecule has 2 nitrogen and oxygen atoms in total. The minimum atomic E-state index is 0.397. The van der Waals surface area contributed by atoms with Crippen molar-refractivity contribution >= 4 is 11.8 Å². The van der Waals surface area contributed by atoms with Crippen molar-refractivity contribution in [2.75, 3.05) is 18.1 Å². The average molecular weight is 202 g/mol. The van der Waals surface area contributed by atoms with Crippen molar-refractivity contribution in [3.05, 3.63) is 0 Å². The summed E-state index contributed by atoms with van der Waals surface area (Å²) < 4.78 is 0. The Morgan fingerprint density at radius 1 is 1.54 bits per heavy atom. The molecule has 2 atom stereocenters. The van der Waals surface area contributed by atoms with Crippen molar-refractivity contribution in [3.63, 3.8) is 0 Å². The summed E-state index contributed by atoms with van der Waals surface area (Å²) in [5.41, 5.74) is 5.85. The van der Waals surface area contributed by atoms with E-state index in [2.05, 4.69) is 12.2 Å². The van der Waals surface area contributed by atoms with Crippen molar-refractivity contribution in [2.24, 2.45) is 5.73 Å². The summed E-state index contributed by atoms with van der Waals surface area (Å²) in [7, 11) is 0. The lowest BCUT2D eigenvalue weighted by atomic mass is 10.1. The monoisotopic (exact) mass is 202 g/mol. The molecule has 0 radical (unpaired) electrons. The van der Waals surface area contributed by atoms with Crippen LogP contribution in [-0.4, -0.2) is 30.1 Å². The van der Waals surface area contributed by atoms with Crippen LogP contribution >= 0.6 is 11.8 Å². The molecule has 2 unspecified atom stereocenters. The van der Waals surface area contributed by atoms with Gasteiger partial charge in [-0.25, -0.2) is 0 Å². The highest BCUT2D eigenvalue weighted by Crippen LogP contribution is 2.13. The Balaban J connectivity index is 1.98. The first-order valence-electron chi connectivity index (χ1n) is 5.39. The largest absolute Gasteiger partial charge is 0.327 e. The molecule has 0 amide bonds. The number of hydrogen-bond acceptors (Lipinski definition) is 3. The molecule has 0 aromatic carbocycles. The van der Waals surface area contributed by atoms with Gasteiger partial charge in [-0.3, -0.25) is 0 Å². The molecule has 3 heteroatoms. The summed E-state index contributed by atoms with van der Waals surface area (Å²) in [6, 6.07) is 1.15. The highest BCUT2D eigenvalue weighted by atomic mass is 32.2. The van der Waals surface area contributed by atoms with Gasteiger partial charge in [-0.15, -0.1) is 0 Å². The van der Waals surface area contributed by atoms with E-state index in [4.69, 9.17) is 5.73 Å². The maximum Gasteiger partial charge on any atom is 0.0158 e. The van der Waals surface area contributed by atoms with E-state index in [1.165, 1.54) is 31.6 Å². The molecule has 1 saturated heterocycles. The first kappa shape index (κ1) is 11.3. The molecule has 0 aliphatic carbocycles. The zero-order valence-electron chi connectivity index (χ0n) is 8.59. The van der Waals surface area contributed by atoms with Gasteiger partial charge < -0.3 is 11.1 Å². The number of nitrogens with one attached hydrogen (secondary N) is 1. The maximum atomic E-state index is 5.85. The van der Waals surface area contributed by atoms with Gasteiger partial charge in [0.1, 0.15) is 0 Å². The molecule has 0 spiro atoms. The highest BCUT2D eigenvalue weighted by Gasteiger charge is 2.12. The smallest absolute Gasteiger partial charge is 0.0158 e. The third-order valence-corrected chi connectivity index (χ3v) is 3.89.